The molecule has 0 aliphatic carbocycles. The van der Waals surface area contributed by atoms with E-state index in [0.717, 1.165) is 18.7 Å². The van der Waals surface area contributed by atoms with Crippen molar-refractivity contribution in [1.29, 1.82) is 0 Å². The molecule has 0 spiro atoms. The molecule has 2 aliphatic rings. The highest BCUT2D eigenvalue weighted by Crippen LogP contribution is 2.25. The van der Waals surface area contributed by atoms with Crippen molar-refractivity contribution in [3.63, 3.8) is 0 Å². The number of benzene rings is 1. The summed E-state index contributed by atoms with van der Waals surface area (Å²) in [5, 5.41) is 0. The molecule has 120 valence electrons. The lowest BCUT2D eigenvalue weighted by Gasteiger charge is -2.38. The van der Waals surface area contributed by atoms with Crippen LogP contribution < -0.4 is 0 Å². The standard InChI is InChI=1S/C17H24N2O3/c1-14-2-4-15(5-3-14)16(18-6-10-21-11-7-18)17(20)19-8-12-22-13-9-19/h2-5,16H,6-13H2,1H3. The first-order chi connectivity index (χ1) is 10.8. The number of hydrogen-bond acceptors (Lipinski definition) is 4. The SMILES string of the molecule is Cc1ccc(C(C(=O)N2CCOCC2)N2CCOCC2)cc1. The van der Waals surface area contributed by atoms with E-state index in [1.54, 1.807) is 0 Å². The molecule has 5 heteroatoms. The van der Waals surface area contributed by atoms with Gasteiger partial charge in [-0.3, -0.25) is 9.69 Å². The van der Waals surface area contributed by atoms with Gasteiger partial charge >= 0.3 is 0 Å². The van der Waals surface area contributed by atoms with E-state index in [4.69, 9.17) is 9.47 Å². The summed E-state index contributed by atoms with van der Waals surface area (Å²) in [4.78, 5) is 17.2. The highest BCUT2D eigenvalue weighted by atomic mass is 16.5. The number of aryl methyl sites for hydroxylation is 1. The van der Waals surface area contributed by atoms with Crippen molar-refractivity contribution in [3.8, 4) is 0 Å². The molecular weight excluding hydrogens is 280 g/mol. The van der Waals surface area contributed by atoms with Gasteiger partial charge in [-0.1, -0.05) is 29.8 Å². The first-order valence-electron chi connectivity index (χ1n) is 8.00. The Hall–Kier alpha value is -1.43. The predicted molar refractivity (Wildman–Crippen MR) is 83.7 cm³/mol. The van der Waals surface area contributed by atoms with Crippen molar-refractivity contribution in [2.75, 3.05) is 52.6 Å². The van der Waals surface area contributed by atoms with E-state index in [-0.39, 0.29) is 11.9 Å². The van der Waals surface area contributed by atoms with Gasteiger partial charge in [-0.25, -0.2) is 0 Å². The molecule has 22 heavy (non-hydrogen) atoms. The average Bonchev–Trinajstić information content (AvgIpc) is 2.58. The third kappa shape index (κ3) is 3.48. The summed E-state index contributed by atoms with van der Waals surface area (Å²) in [6.07, 6.45) is 0. The maximum absolute atomic E-state index is 13.1. The quantitative estimate of drug-likeness (QED) is 0.842. The number of morpholine rings is 2. The van der Waals surface area contributed by atoms with Gasteiger partial charge < -0.3 is 14.4 Å². The van der Waals surface area contributed by atoms with E-state index >= 15 is 0 Å². The summed E-state index contributed by atoms with van der Waals surface area (Å²) in [7, 11) is 0. The number of ether oxygens (including phenoxy) is 2. The van der Waals surface area contributed by atoms with E-state index in [1.165, 1.54) is 5.56 Å². The summed E-state index contributed by atoms with van der Waals surface area (Å²) in [5.74, 6) is 0.189. The van der Waals surface area contributed by atoms with Gasteiger partial charge in [-0.05, 0) is 12.5 Å². The fourth-order valence-corrected chi connectivity index (χ4v) is 3.05. The van der Waals surface area contributed by atoms with Gasteiger partial charge in [-0.15, -0.1) is 0 Å². The summed E-state index contributed by atoms with van der Waals surface area (Å²) in [6, 6.07) is 8.11. The molecule has 2 fully saturated rings. The molecule has 2 saturated heterocycles. The molecule has 2 heterocycles. The highest BCUT2D eigenvalue weighted by Gasteiger charge is 2.32. The number of rotatable bonds is 3. The second kappa shape index (κ2) is 7.22. The summed E-state index contributed by atoms with van der Waals surface area (Å²) >= 11 is 0. The monoisotopic (exact) mass is 304 g/mol. The number of amides is 1. The van der Waals surface area contributed by atoms with Gasteiger partial charge in [0.05, 0.1) is 26.4 Å². The van der Waals surface area contributed by atoms with Gasteiger partial charge in [0.15, 0.2) is 0 Å². The Morgan fingerprint density at radius 1 is 0.955 bits per heavy atom. The van der Waals surface area contributed by atoms with E-state index in [0.29, 0.717) is 39.5 Å². The minimum absolute atomic E-state index is 0.189. The maximum atomic E-state index is 13.1. The molecule has 1 aromatic carbocycles. The molecule has 0 N–H and O–H groups in total. The van der Waals surface area contributed by atoms with Crippen LogP contribution in [0.15, 0.2) is 24.3 Å². The van der Waals surface area contributed by atoms with Crippen LogP contribution in [-0.4, -0.2) is 68.3 Å². The summed E-state index contributed by atoms with van der Waals surface area (Å²) in [6.45, 7) is 7.69. The van der Waals surface area contributed by atoms with Gasteiger partial charge in [0.2, 0.25) is 5.91 Å². The van der Waals surface area contributed by atoms with Crippen LogP contribution in [0.25, 0.3) is 0 Å². The molecule has 0 bridgehead atoms. The van der Waals surface area contributed by atoms with Crippen LogP contribution in [0, 0.1) is 6.92 Å². The molecule has 1 amide bonds. The molecule has 2 aliphatic heterocycles. The zero-order valence-electron chi connectivity index (χ0n) is 13.2. The molecular formula is C17H24N2O3. The number of nitrogens with zero attached hydrogens (tertiary/aromatic N) is 2. The Bertz CT molecular complexity index is 491. The zero-order chi connectivity index (χ0) is 15.4. The van der Waals surface area contributed by atoms with Crippen molar-refractivity contribution in [2.45, 2.75) is 13.0 Å². The lowest BCUT2D eigenvalue weighted by atomic mass is 10.0. The Kier molecular flexibility index (Phi) is 5.08. The van der Waals surface area contributed by atoms with Crippen molar-refractivity contribution in [1.82, 2.24) is 9.80 Å². The summed E-state index contributed by atoms with van der Waals surface area (Å²) < 4.78 is 10.8. The highest BCUT2D eigenvalue weighted by molar-refractivity contribution is 5.83. The van der Waals surface area contributed by atoms with E-state index < -0.39 is 0 Å². The Morgan fingerprint density at radius 3 is 2.09 bits per heavy atom. The number of carbonyl (C=O) groups excluding carboxylic acids is 1. The van der Waals surface area contributed by atoms with E-state index in [9.17, 15) is 4.79 Å². The van der Waals surface area contributed by atoms with Crippen molar-refractivity contribution in [3.05, 3.63) is 35.4 Å². The lowest BCUT2D eigenvalue weighted by Crippen LogP contribution is -2.50. The van der Waals surface area contributed by atoms with Crippen molar-refractivity contribution >= 4 is 5.91 Å². The fourth-order valence-electron chi connectivity index (χ4n) is 3.05. The predicted octanol–water partition coefficient (Wildman–Crippen LogP) is 1.23. The Balaban J connectivity index is 1.84. The second-order valence-corrected chi connectivity index (χ2v) is 5.90. The maximum Gasteiger partial charge on any atom is 0.244 e. The lowest BCUT2D eigenvalue weighted by molar-refractivity contribution is -0.143. The van der Waals surface area contributed by atoms with E-state index in [2.05, 4.69) is 36.1 Å². The molecule has 0 saturated carbocycles. The largest absolute Gasteiger partial charge is 0.379 e. The number of carbonyl (C=O) groups is 1. The van der Waals surface area contributed by atoms with Crippen LogP contribution in [0.4, 0.5) is 0 Å². The third-order valence-electron chi connectivity index (χ3n) is 4.36. The minimum atomic E-state index is -0.206. The van der Waals surface area contributed by atoms with Crippen LogP contribution in [0.2, 0.25) is 0 Å². The topological polar surface area (TPSA) is 42.0 Å². The molecule has 0 aromatic heterocycles. The molecule has 1 aromatic rings. The smallest absolute Gasteiger partial charge is 0.244 e. The molecule has 0 radical (unpaired) electrons. The Labute approximate surface area is 131 Å². The number of hydrogen-bond donors (Lipinski definition) is 0. The van der Waals surface area contributed by atoms with Crippen LogP contribution in [0.1, 0.15) is 17.2 Å². The van der Waals surface area contributed by atoms with Crippen LogP contribution in [0.5, 0.6) is 0 Å². The third-order valence-corrected chi connectivity index (χ3v) is 4.36. The fraction of sp³-hybridized carbons (Fsp3) is 0.588. The van der Waals surface area contributed by atoms with E-state index in [1.807, 2.05) is 4.90 Å². The van der Waals surface area contributed by atoms with Gasteiger partial charge in [0.1, 0.15) is 6.04 Å². The van der Waals surface area contributed by atoms with Crippen LogP contribution >= 0.6 is 0 Å². The second-order valence-electron chi connectivity index (χ2n) is 5.90. The molecule has 5 nitrogen and oxygen atoms in total. The summed E-state index contributed by atoms with van der Waals surface area (Å²) in [5.41, 5.74) is 2.28. The normalized spacial score (nSPS) is 21.6. The van der Waals surface area contributed by atoms with Crippen LogP contribution in [0.3, 0.4) is 0 Å². The first-order valence-corrected chi connectivity index (χ1v) is 8.00. The molecule has 1 atom stereocenters. The molecule has 1 unspecified atom stereocenters. The Morgan fingerprint density at radius 2 is 1.50 bits per heavy atom. The van der Waals surface area contributed by atoms with Crippen molar-refractivity contribution < 1.29 is 14.3 Å². The zero-order valence-corrected chi connectivity index (χ0v) is 13.2. The molecule has 3 rings (SSSR count). The van der Waals surface area contributed by atoms with Crippen molar-refractivity contribution in [2.24, 2.45) is 0 Å². The average molecular weight is 304 g/mol. The van der Waals surface area contributed by atoms with Gasteiger partial charge in [0, 0.05) is 26.2 Å². The minimum Gasteiger partial charge on any atom is -0.379 e. The first kappa shape index (κ1) is 15.5. The van der Waals surface area contributed by atoms with Gasteiger partial charge in [0.25, 0.3) is 0 Å². The van der Waals surface area contributed by atoms with Gasteiger partial charge in [-0.2, -0.15) is 0 Å². The van der Waals surface area contributed by atoms with Crippen LogP contribution in [-0.2, 0) is 14.3 Å².